The Morgan fingerprint density at radius 2 is 1.97 bits per heavy atom. The molecule has 0 radical (unpaired) electrons. The fourth-order valence-electron chi connectivity index (χ4n) is 4.79. The van der Waals surface area contributed by atoms with Crippen LogP contribution in [0.25, 0.3) is 10.8 Å². The maximum Gasteiger partial charge on any atom is 0.326 e. The summed E-state index contributed by atoms with van der Waals surface area (Å²) in [4.78, 5) is 34.3. The van der Waals surface area contributed by atoms with E-state index in [0.717, 1.165) is 42.5 Å². The number of carbonyl (C=O) groups excluding carboxylic acids is 1. The molecule has 1 heterocycles. The molecule has 0 fully saturated rings. The number of aryl methyl sites for hydroxylation is 1. The lowest BCUT2D eigenvalue weighted by atomic mass is 9.97. The number of thioether (sulfide) groups is 1. The van der Waals surface area contributed by atoms with Crippen molar-refractivity contribution in [3.63, 3.8) is 0 Å². The van der Waals surface area contributed by atoms with Gasteiger partial charge in [-0.3, -0.25) is 9.69 Å². The summed E-state index contributed by atoms with van der Waals surface area (Å²) in [5.41, 5.74) is 2.28. The summed E-state index contributed by atoms with van der Waals surface area (Å²) in [6, 6.07) is 13.9. The Morgan fingerprint density at radius 3 is 2.69 bits per heavy atom. The predicted molar refractivity (Wildman–Crippen MR) is 160 cm³/mol. The largest absolute Gasteiger partial charge is 0.480 e. The van der Waals surface area contributed by atoms with Gasteiger partial charge < -0.3 is 20.7 Å². The number of nitrogens with one attached hydrogen (secondary N) is 3. The van der Waals surface area contributed by atoms with Crippen LogP contribution in [0.2, 0.25) is 0 Å². The van der Waals surface area contributed by atoms with E-state index in [1.54, 1.807) is 18.1 Å². The smallest absolute Gasteiger partial charge is 0.326 e. The second kappa shape index (κ2) is 16.3. The van der Waals surface area contributed by atoms with Crippen LogP contribution in [-0.4, -0.2) is 75.6 Å². The van der Waals surface area contributed by atoms with Gasteiger partial charge in [-0.2, -0.15) is 11.8 Å². The molecule has 0 aliphatic rings. The van der Waals surface area contributed by atoms with Crippen LogP contribution in [-0.2, 0) is 22.6 Å². The van der Waals surface area contributed by atoms with Gasteiger partial charge in [0.15, 0.2) is 0 Å². The monoisotopic (exact) mass is 553 g/mol. The SMILES string of the molecule is CC[C@H](C)[C@@H](CN(CC(=O)N[C@@H](CCSC)C(=O)O)Cc1cccc2ccccc12)NCCCc1cnc[nH]1. The topological polar surface area (TPSA) is 110 Å². The lowest BCUT2D eigenvalue weighted by molar-refractivity contribution is -0.142. The van der Waals surface area contributed by atoms with Gasteiger partial charge in [-0.25, -0.2) is 9.78 Å². The second-order valence-corrected chi connectivity index (χ2v) is 11.2. The fourth-order valence-corrected chi connectivity index (χ4v) is 5.26. The van der Waals surface area contributed by atoms with E-state index in [1.807, 2.05) is 24.6 Å². The van der Waals surface area contributed by atoms with Crippen molar-refractivity contribution in [2.45, 2.75) is 58.2 Å². The van der Waals surface area contributed by atoms with Gasteiger partial charge in [-0.05, 0) is 60.1 Å². The molecule has 4 N–H and O–H groups in total. The molecule has 1 amide bonds. The highest BCUT2D eigenvalue weighted by Crippen LogP contribution is 2.21. The van der Waals surface area contributed by atoms with Crippen LogP contribution in [0, 0.1) is 5.92 Å². The van der Waals surface area contributed by atoms with Crippen LogP contribution in [0.3, 0.4) is 0 Å². The van der Waals surface area contributed by atoms with E-state index in [-0.39, 0.29) is 18.5 Å². The number of aliphatic carboxylic acids is 1. The Balaban J connectivity index is 1.74. The van der Waals surface area contributed by atoms with Gasteiger partial charge in [0.1, 0.15) is 6.04 Å². The highest BCUT2D eigenvalue weighted by Gasteiger charge is 2.24. The minimum Gasteiger partial charge on any atom is -0.480 e. The van der Waals surface area contributed by atoms with Crippen molar-refractivity contribution in [3.8, 4) is 0 Å². The van der Waals surface area contributed by atoms with E-state index in [0.29, 0.717) is 31.2 Å². The number of carboxylic acid groups (broad SMARTS) is 1. The van der Waals surface area contributed by atoms with Gasteiger partial charge in [0, 0.05) is 31.0 Å². The van der Waals surface area contributed by atoms with Crippen molar-refractivity contribution in [1.29, 1.82) is 0 Å². The van der Waals surface area contributed by atoms with Crippen LogP contribution in [0.15, 0.2) is 55.0 Å². The molecular weight excluding hydrogens is 510 g/mol. The molecule has 0 aliphatic heterocycles. The molecule has 0 unspecified atom stereocenters. The van der Waals surface area contributed by atoms with Gasteiger partial charge in [-0.15, -0.1) is 0 Å². The molecule has 3 atom stereocenters. The number of aromatic nitrogens is 2. The van der Waals surface area contributed by atoms with Crippen molar-refractivity contribution in [3.05, 3.63) is 66.2 Å². The molecule has 39 heavy (non-hydrogen) atoms. The lowest BCUT2D eigenvalue weighted by Crippen LogP contribution is -2.50. The third-order valence-corrected chi connectivity index (χ3v) is 7.90. The van der Waals surface area contributed by atoms with Gasteiger partial charge in [0.05, 0.1) is 12.9 Å². The van der Waals surface area contributed by atoms with Gasteiger partial charge >= 0.3 is 5.97 Å². The Kier molecular flexibility index (Phi) is 12.8. The van der Waals surface area contributed by atoms with E-state index in [4.69, 9.17) is 0 Å². The zero-order chi connectivity index (χ0) is 28.0. The van der Waals surface area contributed by atoms with E-state index in [1.165, 1.54) is 5.39 Å². The summed E-state index contributed by atoms with van der Waals surface area (Å²) in [5.74, 6) is -0.168. The number of imidazole rings is 1. The number of amides is 1. The average molecular weight is 554 g/mol. The zero-order valence-electron chi connectivity index (χ0n) is 23.4. The normalized spacial score (nSPS) is 13.8. The molecule has 212 valence electrons. The van der Waals surface area contributed by atoms with E-state index in [9.17, 15) is 14.7 Å². The van der Waals surface area contributed by atoms with Crippen molar-refractivity contribution >= 4 is 34.4 Å². The molecule has 0 bridgehead atoms. The number of hydrogen-bond donors (Lipinski definition) is 4. The molecule has 1 aromatic heterocycles. The standard InChI is InChI=1S/C30H43N5O3S/c1-4-22(2)28(32-15-8-12-25-17-31-21-33-25)19-35(20-29(36)34-27(30(37)38)14-16-39-3)18-24-11-7-10-23-9-5-6-13-26(23)24/h5-7,9-11,13,17,21-22,27-28,32H,4,8,12,14-16,18-20H2,1-3H3,(H,31,33)(H,34,36)(H,37,38)/t22-,27-,28+/m0/s1. The first-order valence-electron chi connectivity index (χ1n) is 13.8. The molecule has 0 aliphatic carbocycles. The fraction of sp³-hybridized carbons (Fsp3) is 0.500. The molecule has 3 aromatic rings. The summed E-state index contributed by atoms with van der Waals surface area (Å²) in [5, 5.41) is 18.5. The van der Waals surface area contributed by atoms with Crippen LogP contribution in [0.4, 0.5) is 0 Å². The number of aromatic amines is 1. The van der Waals surface area contributed by atoms with Crippen molar-refractivity contribution in [1.82, 2.24) is 25.5 Å². The number of carbonyl (C=O) groups is 2. The third-order valence-electron chi connectivity index (χ3n) is 7.26. The summed E-state index contributed by atoms with van der Waals surface area (Å²) < 4.78 is 0. The number of benzene rings is 2. The van der Waals surface area contributed by atoms with Gasteiger partial charge in [0.2, 0.25) is 5.91 Å². The molecular formula is C30H43N5O3S. The van der Waals surface area contributed by atoms with Crippen LogP contribution in [0.1, 0.15) is 44.4 Å². The highest BCUT2D eigenvalue weighted by molar-refractivity contribution is 7.98. The number of carboxylic acids is 1. The third kappa shape index (κ3) is 9.98. The van der Waals surface area contributed by atoms with Crippen LogP contribution >= 0.6 is 11.8 Å². The summed E-state index contributed by atoms with van der Waals surface area (Å²) >= 11 is 1.57. The number of H-pyrrole nitrogens is 1. The maximum atomic E-state index is 13.1. The van der Waals surface area contributed by atoms with Crippen molar-refractivity contribution < 1.29 is 14.7 Å². The van der Waals surface area contributed by atoms with Gasteiger partial charge in [-0.1, -0.05) is 62.7 Å². The maximum absolute atomic E-state index is 13.1. The Labute approximate surface area is 236 Å². The second-order valence-electron chi connectivity index (χ2n) is 10.2. The Hall–Kier alpha value is -2.88. The average Bonchev–Trinajstić information content (AvgIpc) is 3.46. The lowest BCUT2D eigenvalue weighted by Gasteiger charge is -2.32. The minimum absolute atomic E-state index is 0.134. The molecule has 0 saturated heterocycles. The molecule has 8 nitrogen and oxygen atoms in total. The summed E-state index contributed by atoms with van der Waals surface area (Å²) in [6.07, 6.45) is 8.83. The van der Waals surface area contributed by atoms with E-state index >= 15 is 0 Å². The Bertz CT molecular complexity index is 1150. The predicted octanol–water partition coefficient (Wildman–Crippen LogP) is 4.32. The van der Waals surface area contributed by atoms with Gasteiger partial charge in [0.25, 0.3) is 0 Å². The number of nitrogens with zero attached hydrogens (tertiary/aromatic N) is 2. The molecule has 9 heteroatoms. The first-order valence-corrected chi connectivity index (χ1v) is 15.2. The molecule has 3 rings (SSSR count). The molecule has 2 aromatic carbocycles. The zero-order valence-corrected chi connectivity index (χ0v) is 24.2. The minimum atomic E-state index is -0.991. The van der Waals surface area contributed by atoms with Crippen LogP contribution in [0.5, 0.6) is 0 Å². The number of hydrogen-bond acceptors (Lipinski definition) is 6. The first kappa shape index (κ1) is 30.7. The summed E-state index contributed by atoms with van der Waals surface area (Å²) in [6.45, 7) is 6.70. The van der Waals surface area contributed by atoms with E-state index < -0.39 is 12.0 Å². The Morgan fingerprint density at radius 1 is 1.18 bits per heavy atom. The molecule has 0 saturated carbocycles. The van der Waals surface area contributed by atoms with Crippen LogP contribution < -0.4 is 10.6 Å². The highest BCUT2D eigenvalue weighted by atomic mass is 32.2. The number of fused-ring (bicyclic) bond motifs is 1. The van der Waals surface area contributed by atoms with Crippen molar-refractivity contribution in [2.24, 2.45) is 5.92 Å². The quantitative estimate of drug-likeness (QED) is 0.174. The van der Waals surface area contributed by atoms with Crippen molar-refractivity contribution in [2.75, 3.05) is 31.6 Å². The summed E-state index contributed by atoms with van der Waals surface area (Å²) in [7, 11) is 0. The molecule has 0 spiro atoms. The number of rotatable bonds is 18. The van der Waals surface area contributed by atoms with E-state index in [2.05, 4.69) is 69.7 Å². The first-order chi connectivity index (χ1) is 18.9.